The molecule has 0 fully saturated rings. The smallest absolute Gasteiger partial charge is 0.267 e. The average molecular weight is 403 g/mol. The molecule has 0 aliphatic carbocycles. The Morgan fingerprint density at radius 3 is 1.37 bits per heavy atom. The summed E-state index contributed by atoms with van der Waals surface area (Å²) in [7, 11) is 0. The fourth-order valence-electron chi connectivity index (χ4n) is 2.35. The third kappa shape index (κ3) is 5.26. The van der Waals surface area contributed by atoms with E-state index in [1.807, 2.05) is 0 Å². The van der Waals surface area contributed by atoms with Crippen molar-refractivity contribution in [2.24, 2.45) is 0 Å². The van der Waals surface area contributed by atoms with Crippen molar-refractivity contribution in [1.29, 1.82) is 0 Å². The van der Waals surface area contributed by atoms with Crippen LogP contribution in [-0.4, -0.2) is 28.6 Å². The van der Waals surface area contributed by atoms with Gasteiger partial charge >= 0.3 is 0 Å². The van der Waals surface area contributed by atoms with E-state index in [-0.39, 0.29) is 11.3 Å². The Hall–Kier alpha value is -4.53. The molecule has 0 radical (unpaired) electrons. The highest BCUT2D eigenvalue weighted by molar-refractivity contribution is 6.00. The minimum atomic E-state index is -0.649. The van der Waals surface area contributed by atoms with Gasteiger partial charge in [-0.25, -0.2) is 0 Å². The highest BCUT2D eigenvalue weighted by atomic mass is 16.2. The second kappa shape index (κ2) is 9.60. The molecule has 0 atom stereocenters. The quantitative estimate of drug-likeness (QED) is 0.487. The number of carbonyl (C=O) groups is 4. The molecular formula is C21H17N5O4. The third-order valence-electron chi connectivity index (χ3n) is 3.91. The molecule has 0 unspecified atom stereocenters. The maximum atomic E-state index is 12.1. The number of rotatable bonds is 4. The number of amides is 4. The minimum absolute atomic E-state index is 0.00627. The van der Waals surface area contributed by atoms with E-state index < -0.39 is 23.6 Å². The van der Waals surface area contributed by atoms with Gasteiger partial charge in [0.15, 0.2) is 0 Å². The highest BCUT2D eigenvalue weighted by Gasteiger charge is 2.13. The number of aromatic nitrogens is 1. The van der Waals surface area contributed by atoms with Crippen LogP contribution < -0.4 is 21.7 Å². The van der Waals surface area contributed by atoms with Crippen LogP contribution >= 0.6 is 0 Å². The Labute approximate surface area is 171 Å². The van der Waals surface area contributed by atoms with E-state index in [1.165, 1.54) is 18.3 Å². The fourth-order valence-corrected chi connectivity index (χ4v) is 2.35. The number of nitrogens with one attached hydrogen (secondary N) is 4. The number of carbonyl (C=O) groups excluding carboxylic acids is 4. The summed E-state index contributed by atoms with van der Waals surface area (Å²) in [5, 5.41) is 0. The summed E-state index contributed by atoms with van der Waals surface area (Å²) in [6.45, 7) is 0. The van der Waals surface area contributed by atoms with Crippen LogP contribution in [0.4, 0.5) is 0 Å². The summed E-state index contributed by atoms with van der Waals surface area (Å²) in [4.78, 5) is 51.9. The number of hydrazine groups is 2. The Morgan fingerprint density at radius 1 is 0.500 bits per heavy atom. The van der Waals surface area contributed by atoms with E-state index in [0.29, 0.717) is 11.1 Å². The first-order chi connectivity index (χ1) is 14.5. The second-order valence-electron chi connectivity index (χ2n) is 5.98. The molecule has 0 aliphatic heterocycles. The zero-order valence-corrected chi connectivity index (χ0v) is 15.6. The molecule has 3 rings (SSSR count). The van der Waals surface area contributed by atoms with Gasteiger partial charge in [-0.1, -0.05) is 36.4 Å². The van der Waals surface area contributed by atoms with Crippen molar-refractivity contribution in [2.45, 2.75) is 0 Å². The Bertz CT molecular complexity index is 967. The minimum Gasteiger partial charge on any atom is -0.267 e. The molecule has 0 spiro atoms. The molecule has 150 valence electrons. The summed E-state index contributed by atoms with van der Waals surface area (Å²) >= 11 is 0. The second-order valence-corrected chi connectivity index (χ2v) is 5.98. The van der Waals surface area contributed by atoms with E-state index in [9.17, 15) is 19.2 Å². The maximum absolute atomic E-state index is 12.1. The number of nitrogens with zero attached hydrogens (tertiary/aromatic N) is 1. The van der Waals surface area contributed by atoms with Gasteiger partial charge in [0.2, 0.25) is 0 Å². The largest absolute Gasteiger partial charge is 0.288 e. The first-order valence-electron chi connectivity index (χ1n) is 8.82. The predicted molar refractivity (Wildman–Crippen MR) is 107 cm³/mol. The molecule has 0 saturated heterocycles. The number of hydrogen-bond acceptors (Lipinski definition) is 5. The van der Waals surface area contributed by atoms with Gasteiger partial charge in [0, 0.05) is 17.3 Å². The monoisotopic (exact) mass is 403 g/mol. The van der Waals surface area contributed by atoms with Crippen LogP contribution in [0.5, 0.6) is 0 Å². The van der Waals surface area contributed by atoms with E-state index in [4.69, 9.17) is 0 Å². The molecule has 0 bridgehead atoms. The molecule has 4 amide bonds. The lowest BCUT2D eigenvalue weighted by molar-refractivity contribution is 0.0842. The number of hydrogen-bond donors (Lipinski definition) is 4. The van der Waals surface area contributed by atoms with Gasteiger partial charge in [-0.15, -0.1) is 0 Å². The van der Waals surface area contributed by atoms with Gasteiger partial charge in [-0.05, 0) is 36.4 Å². The summed E-state index contributed by atoms with van der Waals surface area (Å²) < 4.78 is 0. The third-order valence-corrected chi connectivity index (χ3v) is 3.91. The van der Waals surface area contributed by atoms with Crippen LogP contribution in [0.25, 0.3) is 0 Å². The van der Waals surface area contributed by atoms with Crippen LogP contribution in [0.15, 0.2) is 79.0 Å². The van der Waals surface area contributed by atoms with Crippen LogP contribution in [0.2, 0.25) is 0 Å². The molecule has 1 aromatic heterocycles. The average Bonchev–Trinajstić information content (AvgIpc) is 2.81. The summed E-state index contributed by atoms with van der Waals surface area (Å²) in [6, 6.07) is 19.4. The molecule has 3 aromatic rings. The molecular weight excluding hydrogens is 386 g/mol. The number of benzene rings is 2. The van der Waals surface area contributed by atoms with Crippen LogP contribution in [0.1, 0.15) is 41.6 Å². The lowest BCUT2D eigenvalue weighted by Crippen LogP contribution is -2.42. The van der Waals surface area contributed by atoms with Crippen molar-refractivity contribution in [2.75, 3.05) is 0 Å². The Kier molecular flexibility index (Phi) is 6.47. The Morgan fingerprint density at radius 2 is 0.933 bits per heavy atom. The van der Waals surface area contributed by atoms with Crippen LogP contribution in [0.3, 0.4) is 0 Å². The van der Waals surface area contributed by atoms with E-state index in [0.717, 1.165) is 0 Å². The fraction of sp³-hybridized carbons (Fsp3) is 0. The molecule has 0 aliphatic rings. The van der Waals surface area contributed by atoms with Crippen molar-refractivity contribution in [3.05, 3.63) is 101 Å². The first kappa shape index (κ1) is 20.2. The molecule has 4 N–H and O–H groups in total. The first-order valence-corrected chi connectivity index (χ1v) is 8.82. The molecule has 0 saturated carbocycles. The Balaban J connectivity index is 1.51. The SMILES string of the molecule is O=C(NNC(=O)c1ccc(C(=O)NNC(=O)c2ccccc2)nc1)c1ccccc1. The van der Waals surface area contributed by atoms with Gasteiger partial charge in [0.1, 0.15) is 5.69 Å². The highest BCUT2D eigenvalue weighted by Crippen LogP contribution is 2.02. The van der Waals surface area contributed by atoms with E-state index in [1.54, 1.807) is 60.7 Å². The zero-order valence-electron chi connectivity index (χ0n) is 15.6. The maximum Gasteiger partial charge on any atom is 0.288 e. The molecule has 9 nitrogen and oxygen atoms in total. The van der Waals surface area contributed by atoms with Gasteiger partial charge in [-0.3, -0.25) is 45.9 Å². The molecule has 30 heavy (non-hydrogen) atoms. The lowest BCUT2D eigenvalue weighted by Gasteiger charge is -2.08. The lowest BCUT2D eigenvalue weighted by atomic mass is 10.2. The van der Waals surface area contributed by atoms with Gasteiger partial charge < -0.3 is 0 Å². The van der Waals surface area contributed by atoms with Crippen molar-refractivity contribution < 1.29 is 19.2 Å². The van der Waals surface area contributed by atoms with Crippen molar-refractivity contribution in [1.82, 2.24) is 26.7 Å². The standard InChI is InChI=1S/C21H17N5O4/c27-18(14-7-3-1-4-8-14)23-25-20(29)16-11-12-17(22-13-16)21(30)26-24-19(28)15-9-5-2-6-10-15/h1-13H,(H,23,27)(H,24,28)(H,25,29)(H,26,30). The normalized spacial score (nSPS) is 9.87. The summed E-state index contributed by atoms with van der Waals surface area (Å²) in [5.41, 5.74) is 9.98. The van der Waals surface area contributed by atoms with Crippen molar-refractivity contribution in [3.8, 4) is 0 Å². The molecule has 2 aromatic carbocycles. The van der Waals surface area contributed by atoms with E-state index in [2.05, 4.69) is 26.7 Å². The zero-order chi connectivity index (χ0) is 21.3. The van der Waals surface area contributed by atoms with E-state index >= 15 is 0 Å². The van der Waals surface area contributed by atoms with Gasteiger partial charge in [0.25, 0.3) is 23.6 Å². The van der Waals surface area contributed by atoms with Gasteiger partial charge in [-0.2, -0.15) is 0 Å². The van der Waals surface area contributed by atoms with Gasteiger partial charge in [0.05, 0.1) is 5.56 Å². The molecule has 9 heteroatoms. The van der Waals surface area contributed by atoms with Crippen molar-refractivity contribution >= 4 is 23.6 Å². The topological polar surface area (TPSA) is 129 Å². The summed E-state index contributed by atoms with van der Waals surface area (Å²) in [6.07, 6.45) is 1.18. The van der Waals surface area contributed by atoms with Crippen LogP contribution in [-0.2, 0) is 0 Å². The summed E-state index contributed by atoms with van der Waals surface area (Å²) in [5.74, 6) is -2.20. The predicted octanol–water partition coefficient (Wildman–Crippen LogP) is 1.23. The van der Waals surface area contributed by atoms with Crippen molar-refractivity contribution in [3.63, 3.8) is 0 Å². The van der Waals surface area contributed by atoms with Crippen LogP contribution in [0, 0.1) is 0 Å². The number of pyridine rings is 1. The molecule has 1 heterocycles.